The highest BCUT2D eigenvalue weighted by atomic mass is 14.2. The molecule has 0 unspecified atom stereocenters. The highest BCUT2D eigenvalue weighted by Crippen LogP contribution is 2.34. The van der Waals surface area contributed by atoms with Crippen molar-refractivity contribution in [2.24, 2.45) is 0 Å². The Labute approximate surface area is 130 Å². The summed E-state index contributed by atoms with van der Waals surface area (Å²) in [5.41, 5.74) is 8.69. The van der Waals surface area contributed by atoms with Gasteiger partial charge in [0.2, 0.25) is 0 Å². The Morgan fingerprint density at radius 3 is 1.41 bits per heavy atom. The van der Waals surface area contributed by atoms with Crippen LogP contribution in [0, 0.1) is 0 Å². The Morgan fingerprint density at radius 1 is 0.545 bits per heavy atom. The lowest BCUT2D eigenvalue weighted by Gasteiger charge is -2.08. The molecule has 0 heteroatoms. The molecule has 0 saturated carbocycles. The van der Waals surface area contributed by atoms with Gasteiger partial charge in [0, 0.05) is 0 Å². The standard InChI is InChI=1S/C22H18/c1-13-3-15-7-19-11-21-9-17-5-14(2)6-18(17)10-22(21)12-20(19)8-16(15)4-13/h3,6-12H,4-5H2,1-2H3. The van der Waals surface area contributed by atoms with Crippen molar-refractivity contribution in [2.75, 3.05) is 0 Å². The quantitative estimate of drug-likeness (QED) is 0.449. The largest absolute Gasteiger partial charge is 0.0683 e. The first-order valence-corrected chi connectivity index (χ1v) is 8.03. The first kappa shape index (κ1) is 12.2. The van der Waals surface area contributed by atoms with Crippen molar-refractivity contribution in [3.63, 3.8) is 0 Å². The molecule has 0 radical (unpaired) electrons. The van der Waals surface area contributed by atoms with Gasteiger partial charge in [-0.05, 0) is 94.8 Å². The van der Waals surface area contributed by atoms with E-state index in [0.29, 0.717) is 0 Å². The minimum atomic E-state index is 1.11. The van der Waals surface area contributed by atoms with E-state index in [1.165, 1.54) is 54.9 Å². The summed E-state index contributed by atoms with van der Waals surface area (Å²) in [6, 6.07) is 14.2. The third-order valence-electron chi connectivity index (χ3n) is 5.05. The van der Waals surface area contributed by atoms with Crippen LogP contribution >= 0.6 is 0 Å². The molecule has 5 rings (SSSR count). The number of benzene rings is 3. The summed E-state index contributed by atoms with van der Waals surface area (Å²) in [5.74, 6) is 0. The van der Waals surface area contributed by atoms with Gasteiger partial charge in [-0.3, -0.25) is 0 Å². The van der Waals surface area contributed by atoms with Crippen LogP contribution in [0.15, 0.2) is 47.5 Å². The van der Waals surface area contributed by atoms with Crippen LogP contribution in [0.5, 0.6) is 0 Å². The smallest absolute Gasteiger partial charge is 0.00604 e. The molecule has 0 N–H and O–H groups in total. The molecule has 22 heavy (non-hydrogen) atoms. The predicted octanol–water partition coefficient (Wildman–Crippen LogP) is 5.91. The second-order valence-electron chi connectivity index (χ2n) is 6.98. The molecule has 0 heterocycles. The van der Waals surface area contributed by atoms with Gasteiger partial charge in [0.25, 0.3) is 0 Å². The minimum Gasteiger partial charge on any atom is -0.0683 e. The first-order chi connectivity index (χ1) is 10.7. The molecule has 0 saturated heterocycles. The van der Waals surface area contributed by atoms with Gasteiger partial charge in [-0.25, -0.2) is 0 Å². The molecule has 0 fully saturated rings. The maximum absolute atomic E-state index is 2.38. The van der Waals surface area contributed by atoms with E-state index in [4.69, 9.17) is 0 Å². The molecule has 0 bridgehead atoms. The van der Waals surface area contributed by atoms with Crippen molar-refractivity contribution >= 4 is 33.7 Å². The molecule has 3 aromatic carbocycles. The van der Waals surface area contributed by atoms with E-state index in [1.807, 2.05) is 0 Å². The summed E-state index contributed by atoms with van der Waals surface area (Å²) in [6.45, 7) is 4.45. The van der Waals surface area contributed by atoms with E-state index in [0.717, 1.165) is 12.8 Å². The highest BCUT2D eigenvalue weighted by molar-refractivity contribution is 6.01. The SMILES string of the molecule is CC1=Cc2cc3cc4cc5c(cc4cc3cc2C1)C=C(C)C5. The summed E-state index contributed by atoms with van der Waals surface area (Å²) in [4.78, 5) is 0. The fraction of sp³-hybridized carbons (Fsp3) is 0.182. The van der Waals surface area contributed by atoms with Gasteiger partial charge in [-0.15, -0.1) is 0 Å². The number of hydrogen-bond donors (Lipinski definition) is 0. The van der Waals surface area contributed by atoms with Crippen LogP contribution < -0.4 is 0 Å². The lowest BCUT2D eigenvalue weighted by molar-refractivity contribution is 1.20. The average Bonchev–Trinajstić information content (AvgIpc) is 2.99. The summed E-state index contributed by atoms with van der Waals surface area (Å²) >= 11 is 0. The molecule has 0 aliphatic heterocycles. The van der Waals surface area contributed by atoms with Crippen LogP contribution in [0.2, 0.25) is 0 Å². The minimum absolute atomic E-state index is 1.11. The van der Waals surface area contributed by atoms with Gasteiger partial charge < -0.3 is 0 Å². The molecule has 0 aromatic heterocycles. The highest BCUT2D eigenvalue weighted by Gasteiger charge is 2.13. The fourth-order valence-electron chi connectivity index (χ4n) is 4.04. The number of rotatable bonds is 0. The van der Waals surface area contributed by atoms with Crippen LogP contribution in [-0.4, -0.2) is 0 Å². The average molecular weight is 282 g/mol. The predicted molar refractivity (Wildman–Crippen MR) is 96.2 cm³/mol. The molecule has 106 valence electrons. The molecule has 0 nitrogen and oxygen atoms in total. The van der Waals surface area contributed by atoms with Crippen molar-refractivity contribution < 1.29 is 0 Å². The Kier molecular flexibility index (Phi) is 2.28. The zero-order chi connectivity index (χ0) is 14.8. The maximum atomic E-state index is 2.38. The van der Waals surface area contributed by atoms with Crippen molar-refractivity contribution in [1.82, 2.24) is 0 Å². The van der Waals surface area contributed by atoms with Gasteiger partial charge in [0.1, 0.15) is 0 Å². The fourth-order valence-corrected chi connectivity index (χ4v) is 4.04. The van der Waals surface area contributed by atoms with Crippen LogP contribution in [0.1, 0.15) is 36.1 Å². The first-order valence-electron chi connectivity index (χ1n) is 8.03. The summed E-state index contributed by atoms with van der Waals surface area (Å²) < 4.78 is 0. The zero-order valence-electron chi connectivity index (χ0n) is 13.0. The number of fused-ring (bicyclic) bond motifs is 4. The van der Waals surface area contributed by atoms with E-state index >= 15 is 0 Å². The monoisotopic (exact) mass is 282 g/mol. The Bertz CT molecular complexity index is 944. The number of hydrogen-bond acceptors (Lipinski definition) is 0. The molecule has 2 aliphatic carbocycles. The lowest BCUT2D eigenvalue weighted by Crippen LogP contribution is -1.87. The van der Waals surface area contributed by atoms with Gasteiger partial charge in [-0.1, -0.05) is 35.4 Å². The Balaban J connectivity index is 1.79. The van der Waals surface area contributed by atoms with Crippen molar-refractivity contribution in [3.05, 3.63) is 69.8 Å². The third kappa shape index (κ3) is 1.70. The summed E-state index contributed by atoms with van der Waals surface area (Å²) in [7, 11) is 0. The van der Waals surface area contributed by atoms with Crippen LogP contribution in [0.25, 0.3) is 33.7 Å². The van der Waals surface area contributed by atoms with Gasteiger partial charge in [0.05, 0.1) is 0 Å². The van der Waals surface area contributed by atoms with E-state index in [9.17, 15) is 0 Å². The van der Waals surface area contributed by atoms with Crippen LogP contribution in [0.4, 0.5) is 0 Å². The van der Waals surface area contributed by atoms with E-state index in [-0.39, 0.29) is 0 Å². The van der Waals surface area contributed by atoms with E-state index in [2.05, 4.69) is 62.4 Å². The van der Waals surface area contributed by atoms with Crippen LogP contribution in [0.3, 0.4) is 0 Å². The third-order valence-corrected chi connectivity index (χ3v) is 5.05. The van der Waals surface area contributed by atoms with Gasteiger partial charge in [-0.2, -0.15) is 0 Å². The zero-order valence-corrected chi connectivity index (χ0v) is 13.0. The molecule has 0 spiro atoms. The van der Waals surface area contributed by atoms with E-state index < -0.39 is 0 Å². The molecule has 3 aromatic rings. The second-order valence-corrected chi connectivity index (χ2v) is 6.98. The van der Waals surface area contributed by atoms with Crippen molar-refractivity contribution in [3.8, 4) is 0 Å². The number of allylic oxidation sites excluding steroid dienone is 2. The molecule has 0 atom stereocenters. The van der Waals surface area contributed by atoms with Crippen molar-refractivity contribution in [1.29, 1.82) is 0 Å². The lowest BCUT2D eigenvalue weighted by atomic mass is 9.96. The molecule has 0 amide bonds. The molecular formula is C22H18. The van der Waals surface area contributed by atoms with Crippen LogP contribution in [-0.2, 0) is 12.8 Å². The van der Waals surface area contributed by atoms with Gasteiger partial charge >= 0.3 is 0 Å². The molecular weight excluding hydrogens is 264 g/mol. The van der Waals surface area contributed by atoms with E-state index in [1.54, 1.807) is 0 Å². The summed E-state index contributed by atoms with van der Waals surface area (Å²) in [5, 5.41) is 5.46. The van der Waals surface area contributed by atoms with Gasteiger partial charge in [0.15, 0.2) is 0 Å². The second kappa shape index (κ2) is 4.10. The normalized spacial score (nSPS) is 15.9. The topological polar surface area (TPSA) is 0 Å². The Morgan fingerprint density at radius 2 is 0.955 bits per heavy atom. The van der Waals surface area contributed by atoms with Crippen molar-refractivity contribution in [2.45, 2.75) is 26.7 Å². The molecule has 2 aliphatic rings. The summed E-state index contributed by atoms with van der Waals surface area (Å²) in [6.07, 6.45) is 6.87. The maximum Gasteiger partial charge on any atom is -0.00604 e. The Hall–Kier alpha value is -2.34.